The van der Waals surface area contributed by atoms with Crippen molar-refractivity contribution in [3.63, 3.8) is 0 Å². The van der Waals surface area contributed by atoms with Crippen LogP contribution in [0.2, 0.25) is 0 Å². The lowest BCUT2D eigenvalue weighted by Crippen LogP contribution is -2.15. The SMILES string of the molecule is COc1ccc(CC(=O)Nc2ccccc2Cc2nc(-c3ccco3)no2)cc1OC. The molecule has 2 aromatic carbocycles. The number of anilines is 1. The van der Waals surface area contributed by atoms with Crippen molar-refractivity contribution >= 4 is 11.6 Å². The van der Waals surface area contributed by atoms with Crippen LogP contribution in [0.1, 0.15) is 17.0 Å². The minimum atomic E-state index is -0.151. The van der Waals surface area contributed by atoms with Crippen LogP contribution in [0.25, 0.3) is 11.6 Å². The number of hydrogen-bond acceptors (Lipinski definition) is 7. The quantitative estimate of drug-likeness (QED) is 0.459. The Labute approximate surface area is 178 Å². The van der Waals surface area contributed by atoms with E-state index in [0.29, 0.717) is 41.1 Å². The predicted octanol–water partition coefficient (Wildman–Crippen LogP) is 4.12. The van der Waals surface area contributed by atoms with Gasteiger partial charge in [-0.1, -0.05) is 29.4 Å². The summed E-state index contributed by atoms with van der Waals surface area (Å²) in [5.74, 6) is 2.39. The summed E-state index contributed by atoms with van der Waals surface area (Å²) in [5.41, 5.74) is 2.36. The monoisotopic (exact) mass is 419 g/mol. The highest BCUT2D eigenvalue weighted by Crippen LogP contribution is 2.28. The van der Waals surface area contributed by atoms with E-state index in [1.807, 2.05) is 30.3 Å². The number of benzene rings is 2. The van der Waals surface area contributed by atoms with Gasteiger partial charge >= 0.3 is 0 Å². The number of furan rings is 1. The van der Waals surface area contributed by atoms with Gasteiger partial charge in [0.15, 0.2) is 17.3 Å². The molecule has 2 heterocycles. The van der Waals surface area contributed by atoms with Crippen LogP contribution >= 0.6 is 0 Å². The zero-order chi connectivity index (χ0) is 21.6. The van der Waals surface area contributed by atoms with E-state index in [9.17, 15) is 4.79 Å². The van der Waals surface area contributed by atoms with Crippen LogP contribution in [0.3, 0.4) is 0 Å². The predicted molar refractivity (Wildman–Crippen MR) is 113 cm³/mol. The van der Waals surface area contributed by atoms with Crippen LogP contribution < -0.4 is 14.8 Å². The Hall–Kier alpha value is -4.07. The molecule has 1 N–H and O–H groups in total. The Bertz CT molecular complexity index is 1170. The topological polar surface area (TPSA) is 99.6 Å². The largest absolute Gasteiger partial charge is 0.493 e. The third kappa shape index (κ3) is 4.75. The molecule has 31 heavy (non-hydrogen) atoms. The molecule has 1 amide bonds. The fraction of sp³-hybridized carbons (Fsp3) is 0.174. The second-order valence-electron chi connectivity index (χ2n) is 6.74. The van der Waals surface area contributed by atoms with Gasteiger partial charge in [0.25, 0.3) is 0 Å². The van der Waals surface area contributed by atoms with Crippen LogP contribution in [0.5, 0.6) is 11.5 Å². The third-order valence-corrected chi connectivity index (χ3v) is 4.66. The Kier molecular flexibility index (Phi) is 5.98. The van der Waals surface area contributed by atoms with E-state index in [1.165, 1.54) is 0 Å². The number of nitrogens with zero attached hydrogens (tertiary/aromatic N) is 2. The fourth-order valence-electron chi connectivity index (χ4n) is 3.16. The van der Waals surface area contributed by atoms with Crippen LogP contribution in [0.4, 0.5) is 5.69 Å². The molecule has 0 unspecified atom stereocenters. The second-order valence-corrected chi connectivity index (χ2v) is 6.74. The highest BCUT2D eigenvalue weighted by molar-refractivity contribution is 5.93. The Balaban J connectivity index is 1.45. The molecule has 0 atom stereocenters. The van der Waals surface area contributed by atoms with Crippen LogP contribution in [-0.2, 0) is 17.6 Å². The first-order chi connectivity index (χ1) is 15.2. The van der Waals surface area contributed by atoms with Crippen molar-refractivity contribution in [3.05, 3.63) is 77.9 Å². The first-order valence-electron chi connectivity index (χ1n) is 9.61. The van der Waals surface area contributed by atoms with Gasteiger partial charge in [-0.25, -0.2) is 0 Å². The zero-order valence-corrected chi connectivity index (χ0v) is 17.1. The van der Waals surface area contributed by atoms with Gasteiger partial charge < -0.3 is 23.7 Å². The molecule has 0 bridgehead atoms. The van der Waals surface area contributed by atoms with Gasteiger partial charge in [-0.3, -0.25) is 4.79 Å². The molecule has 2 aromatic heterocycles. The zero-order valence-electron chi connectivity index (χ0n) is 17.1. The number of amides is 1. The Morgan fingerprint density at radius 2 is 1.87 bits per heavy atom. The third-order valence-electron chi connectivity index (χ3n) is 4.66. The molecule has 0 spiro atoms. The Morgan fingerprint density at radius 3 is 2.65 bits per heavy atom. The van der Waals surface area contributed by atoms with Crippen LogP contribution in [0.15, 0.2) is 69.8 Å². The summed E-state index contributed by atoms with van der Waals surface area (Å²) in [7, 11) is 3.13. The van der Waals surface area contributed by atoms with Crippen molar-refractivity contribution in [2.45, 2.75) is 12.8 Å². The van der Waals surface area contributed by atoms with Crippen LogP contribution in [-0.4, -0.2) is 30.3 Å². The van der Waals surface area contributed by atoms with Gasteiger partial charge in [0.05, 0.1) is 33.3 Å². The summed E-state index contributed by atoms with van der Waals surface area (Å²) in [6, 6.07) is 16.4. The maximum Gasteiger partial charge on any atom is 0.238 e. The first-order valence-corrected chi connectivity index (χ1v) is 9.61. The van der Waals surface area contributed by atoms with Crippen molar-refractivity contribution in [1.82, 2.24) is 10.1 Å². The smallest absolute Gasteiger partial charge is 0.238 e. The molecule has 0 aliphatic carbocycles. The Morgan fingerprint density at radius 1 is 1.03 bits per heavy atom. The number of hydrogen-bond donors (Lipinski definition) is 1. The minimum Gasteiger partial charge on any atom is -0.493 e. The highest BCUT2D eigenvalue weighted by atomic mass is 16.5. The van der Waals surface area contributed by atoms with E-state index in [2.05, 4.69) is 15.5 Å². The maximum atomic E-state index is 12.7. The number of aromatic nitrogens is 2. The molecule has 4 aromatic rings. The van der Waals surface area contributed by atoms with E-state index >= 15 is 0 Å². The standard InChI is InChI=1S/C23H21N3O5/c1-28-18-10-9-15(12-20(18)29-2)13-21(27)24-17-7-4-3-6-16(17)14-22-25-23(26-31-22)19-8-5-11-30-19/h3-12H,13-14H2,1-2H3,(H,24,27). The van der Waals surface area contributed by atoms with Crippen molar-refractivity contribution in [1.29, 1.82) is 0 Å². The summed E-state index contributed by atoms with van der Waals surface area (Å²) in [6.07, 6.45) is 2.12. The normalized spacial score (nSPS) is 10.6. The van der Waals surface area contributed by atoms with Crippen molar-refractivity contribution in [2.24, 2.45) is 0 Å². The number of methoxy groups -OCH3 is 2. The molecular formula is C23H21N3O5. The summed E-state index contributed by atoms with van der Waals surface area (Å²) < 4.78 is 21.2. The van der Waals surface area contributed by atoms with Crippen molar-refractivity contribution in [3.8, 4) is 23.1 Å². The maximum absolute atomic E-state index is 12.7. The molecule has 0 aliphatic rings. The van der Waals surface area contributed by atoms with Crippen molar-refractivity contribution < 1.29 is 23.2 Å². The lowest BCUT2D eigenvalue weighted by Gasteiger charge is -2.11. The first kappa shape index (κ1) is 20.2. The second kappa shape index (κ2) is 9.17. The molecule has 4 rings (SSSR count). The molecule has 8 nitrogen and oxygen atoms in total. The molecule has 0 fully saturated rings. The van der Waals surface area contributed by atoms with Gasteiger partial charge in [-0.15, -0.1) is 0 Å². The number of carbonyl (C=O) groups excluding carboxylic acids is 1. The van der Waals surface area contributed by atoms with E-state index in [4.69, 9.17) is 18.4 Å². The van der Waals surface area contributed by atoms with Crippen LogP contribution in [0, 0.1) is 0 Å². The summed E-state index contributed by atoms with van der Waals surface area (Å²) in [4.78, 5) is 17.0. The number of carbonyl (C=O) groups is 1. The minimum absolute atomic E-state index is 0.151. The fourth-order valence-corrected chi connectivity index (χ4v) is 3.16. The van der Waals surface area contributed by atoms with E-state index in [-0.39, 0.29) is 12.3 Å². The molecule has 0 aliphatic heterocycles. The average molecular weight is 419 g/mol. The van der Waals surface area contributed by atoms with E-state index in [0.717, 1.165) is 11.1 Å². The number of nitrogens with one attached hydrogen (secondary N) is 1. The number of para-hydroxylation sites is 1. The van der Waals surface area contributed by atoms with E-state index < -0.39 is 0 Å². The van der Waals surface area contributed by atoms with Gasteiger partial charge in [0, 0.05) is 5.69 Å². The molecule has 158 valence electrons. The molecule has 0 radical (unpaired) electrons. The molecule has 0 saturated carbocycles. The average Bonchev–Trinajstić information content (AvgIpc) is 3.47. The number of ether oxygens (including phenoxy) is 2. The van der Waals surface area contributed by atoms with Gasteiger partial charge in [0.2, 0.25) is 17.6 Å². The summed E-state index contributed by atoms with van der Waals surface area (Å²) in [5, 5.41) is 6.90. The molecular weight excluding hydrogens is 398 g/mol. The van der Waals surface area contributed by atoms with Gasteiger partial charge in [-0.05, 0) is 41.5 Å². The molecule has 0 saturated heterocycles. The van der Waals surface area contributed by atoms with Gasteiger partial charge in [-0.2, -0.15) is 4.98 Å². The number of rotatable bonds is 8. The lowest BCUT2D eigenvalue weighted by molar-refractivity contribution is -0.115. The van der Waals surface area contributed by atoms with Gasteiger partial charge in [0.1, 0.15) is 0 Å². The van der Waals surface area contributed by atoms with E-state index in [1.54, 1.807) is 44.7 Å². The highest BCUT2D eigenvalue weighted by Gasteiger charge is 2.15. The lowest BCUT2D eigenvalue weighted by atomic mass is 10.1. The molecule has 8 heteroatoms. The summed E-state index contributed by atoms with van der Waals surface area (Å²) in [6.45, 7) is 0. The van der Waals surface area contributed by atoms with Crippen molar-refractivity contribution in [2.75, 3.05) is 19.5 Å². The summed E-state index contributed by atoms with van der Waals surface area (Å²) >= 11 is 0.